The zero-order chi connectivity index (χ0) is 13.0. The van der Waals surface area contributed by atoms with Crippen LogP contribution in [0.25, 0.3) is 0 Å². The van der Waals surface area contributed by atoms with Crippen LogP contribution in [0.3, 0.4) is 0 Å². The van der Waals surface area contributed by atoms with Gasteiger partial charge in [0.25, 0.3) is 0 Å². The maximum Gasteiger partial charge on any atom is 0.110 e. The molecular formula is C14H21N3S. The van der Waals surface area contributed by atoms with Gasteiger partial charge in [0.1, 0.15) is 5.82 Å². The lowest BCUT2D eigenvalue weighted by atomic mass is 10.1. The minimum absolute atomic E-state index is 0.368. The van der Waals surface area contributed by atoms with E-state index in [-0.39, 0.29) is 0 Å². The number of nitrogens with one attached hydrogen (secondary N) is 1. The Hall–Kier alpha value is -1.13. The van der Waals surface area contributed by atoms with Crippen molar-refractivity contribution in [2.24, 2.45) is 0 Å². The van der Waals surface area contributed by atoms with E-state index < -0.39 is 0 Å². The van der Waals surface area contributed by atoms with E-state index in [4.69, 9.17) is 0 Å². The summed E-state index contributed by atoms with van der Waals surface area (Å²) in [6.07, 6.45) is 5.99. The van der Waals surface area contributed by atoms with Gasteiger partial charge in [0.2, 0.25) is 0 Å². The molecule has 0 saturated carbocycles. The van der Waals surface area contributed by atoms with Crippen molar-refractivity contribution in [3.63, 3.8) is 0 Å². The van der Waals surface area contributed by atoms with Crippen molar-refractivity contribution in [2.45, 2.75) is 39.3 Å². The predicted molar refractivity (Wildman–Crippen MR) is 77.1 cm³/mol. The summed E-state index contributed by atoms with van der Waals surface area (Å²) in [6, 6.07) is 2.60. The molecule has 0 fully saturated rings. The van der Waals surface area contributed by atoms with Gasteiger partial charge in [-0.2, -0.15) is 0 Å². The third kappa shape index (κ3) is 2.65. The van der Waals surface area contributed by atoms with Gasteiger partial charge < -0.3 is 9.88 Å². The lowest BCUT2D eigenvalue weighted by Gasteiger charge is -2.17. The molecule has 18 heavy (non-hydrogen) atoms. The Kier molecular flexibility index (Phi) is 4.55. The third-order valence-electron chi connectivity index (χ3n) is 3.36. The number of hydrogen-bond acceptors (Lipinski definition) is 3. The van der Waals surface area contributed by atoms with Gasteiger partial charge in [-0.25, -0.2) is 4.98 Å². The van der Waals surface area contributed by atoms with Gasteiger partial charge in [-0.15, -0.1) is 11.3 Å². The second-order valence-corrected chi connectivity index (χ2v) is 5.29. The number of aryl methyl sites for hydroxylation is 2. The summed E-state index contributed by atoms with van der Waals surface area (Å²) in [7, 11) is 2.03. The molecule has 0 spiro atoms. The zero-order valence-electron chi connectivity index (χ0n) is 11.3. The molecule has 0 saturated heterocycles. The molecule has 1 unspecified atom stereocenters. The van der Waals surface area contributed by atoms with E-state index in [9.17, 15) is 0 Å². The van der Waals surface area contributed by atoms with Crippen molar-refractivity contribution in [2.75, 3.05) is 7.05 Å². The van der Waals surface area contributed by atoms with Crippen LogP contribution in [0.15, 0.2) is 23.8 Å². The first-order chi connectivity index (χ1) is 8.80. The van der Waals surface area contributed by atoms with Crippen LogP contribution < -0.4 is 5.32 Å². The number of rotatable bonds is 6. The van der Waals surface area contributed by atoms with Crippen LogP contribution >= 0.6 is 11.3 Å². The fraction of sp³-hybridized carbons (Fsp3) is 0.500. The quantitative estimate of drug-likeness (QED) is 0.868. The largest absolute Gasteiger partial charge is 0.335 e. The average molecular weight is 263 g/mol. The van der Waals surface area contributed by atoms with E-state index in [2.05, 4.69) is 46.4 Å². The van der Waals surface area contributed by atoms with Gasteiger partial charge >= 0.3 is 0 Å². The van der Waals surface area contributed by atoms with E-state index >= 15 is 0 Å². The second kappa shape index (κ2) is 6.16. The summed E-state index contributed by atoms with van der Waals surface area (Å²) in [5, 5.41) is 5.61. The Morgan fingerprint density at radius 1 is 1.44 bits per heavy atom. The minimum atomic E-state index is 0.368. The molecule has 2 rings (SSSR count). The minimum Gasteiger partial charge on any atom is -0.335 e. The van der Waals surface area contributed by atoms with Crippen molar-refractivity contribution in [3.8, 4) is 0 Å². The zero-order valence-corrected chi connectivity index (χ0v) is 12.1. The standard InChI is InChI=1S/C14H21N3S/c1-4-11-6-9-18-14(11)12(15-3)10-13-16-7-8-17(13)5-2/h6-9,12,15H,4-5,10H2,1-3H3. The highest BCUT2D eigenvalue weighted by atomic mass is 32.1. The van der Waals surface area contributed by atoms with Crippen molar-refractivity contribution in [3.05, 3.63) is 40.1 Å². The van der Waals surface area contributed by atoms with Crippen LogP contribution in [0, 0.1) is 0 Å². The van der Waals surface area contributed by atoms with Crippen molar-refractivity contribution in [1.29, 1.82) is 0 Å². The van der Waals surface area contributed by atoms with Crippen LogP contribution in [0.5, 0.6) is 0 Å². The highest BCUT2D eigenvalue weighted by molar-refractivity contribution is 7.10. The molecule has 0 aliphatic rings. The smallest absolute Gasteiger partial charge is 0.110 e. The fourth-order valence-electron chi connectivity index (χ4n) is 2.27. The Labute approximate surface area is 113 Å². The summed E-state index contributed by atoms with van der Waals surface area (Å²) in [5.74, 6) is 1.16. The molecular weight excluding hydrogens is 242 g/mol. The van der Waals surface area contributed by atoms with Crippen LogP contribution in [-0.4, -0.2) is 16.6 Å². The molecule has 0 radical (unpaired) electrons. The Bertz CT molecular complexity index is 487. The van der Waals surface area contributed by atoms with E-state index in [1.165, 1.54) is 10.4 Å². The first-order valence-corrected chi connectivity index (χ1v) is 7.41. The average Bonchev–Trinajstić information content (AvgIpc) is 3.03. The molecule has 0 aliphatic carbocycles. The molecule has 0 aromatic carbocycles. The first-order valence-electron chi connectivity index (χ1n) is 6.53. The maximum atomic E-state index is 4.47. The number of likely N-dealkylation sites (N-methyl/N-ethyl adjacent to an activating group) is 1. The topological polar surface area (TPSA) is 29.9 Å². The van der Waals surface area contributed by atoms with E-state index in [1.54, 1.807) is 0 Å². The SMILES string of the molecule is CCc1ccsc1C(Cc1nccn1CC)NC. The van der Waals surface area contributed by atoms with Crippen LogP contribution in [-0.2, 0) is 19.4 Å². The molecule has 1 atom stereocenters. The number of aromatic nitrogens is 2. The molecule has 4 heteroatoms. The van der Waals surface area contributed by atoms with Crippen molar-refractivity contribution < 1.29 is 0 Å². The predicted octanol–water partition coefficient (Wildman–Crippen LogP) is 3.03. The van der Waals surface area contributed by atoms with Gasteiger partial charge in [0, 0.05) is 36.3 Å². The maximum absolute atomic E-state index is 4.47. The molecule has 98 valence electrons. The Morgan fingerprint density at radius 2 is 2.28 bits per heavy atom. The molecule has 0 amide bonds. The highest BCUT2D eigenvalue weighted by Gasteiger charge is 2.17. The normalized spacial score (nSPS) is 12.8. The lowest BCUT2D eigenvalue weighted by Crippen LogP contribution is -2.20. The van der Waals surface area contributed by atoms with Gasteiger partial charge in [0.05, 0.1) is 0 Å². The van der Waals surface area contributed by atoms with Crippen LogP contribution in [0.1, 0.15) is 36.2 Å². The second-order valence-electron chi connectivity index (χ2n) is 4.34. The van der Waals surface area contributed by atoms with E-state index in [0.29, 0.717) is 6.04 Å². The monoisotopic (exact) mass is 263 g/mol. The molecule has 2 heterocycles. The number of hydrogen-bond donors (Lipinski definition) is 1. The molecule has 2 aromatic heterocycles. The van der Waals surface area contributed by atoms with Gasteiger partial charge in [-0.05, 0) is 37.4 Å². The van der Waals surface area contributed by atoms with Crippen LogP contribution in [0.4, 0.5) is 0 Å². The molecule has 0 bridgehead atoms. The summed E-state index contributed by atoms with van der Waals surface area (Å²) < 4.78 is 2.21. The third-order valence-corrected chi connectivity index (χ3v) is 4.43. The lowest BCUT2D eigenvalue weighted by molar-refractivity contribution is 0.557. The number of nitrogens with zero attached hydrogens (tertiary/aromatic N) is 2. The Balaban J connectivity index is 2.20. The Morgan fingerprint density at radius 3 is 2.94 bits per heavy atom. The summed E-state index contributed by atoms with van der Waals surface area (Å²) in [6.45, 7) is 5.35. The summed E-state index contributed by atoms with van der Waals surface area (Å²) in [5.41, 5.74) is 1.45. The molecule has 2 aromatic rings. The molecule has 1 N–H and O–H groups in total. The fourth-order valence-corrected chi connectivity index (χ4v) is 3.38. The van der Waals surface area contributed by atoms with Crippen LogP contribution in [0.2, 0.25) is 0 Å². The van der Waals surface area contributed by atoms with Crippen molar-refractivity contribution >= 4 is 11.3 Å². The molecule has 0 aliphatic heterocycles. The number of imidazole rings is 1. The first kappa shape index (κ1) is 13.3. The highest BCUT2D eigenvalue weighted by Crippen LogP contribution is 2.27. The van der Waals surface area contributed by atoms with Gasteiger partial charge in [-0.3, -0.25) is 0 Å². The number of thiophene rings is 1. The van der Waals surface area contributed by atoms with E-state index in [0.717, 1.165) is 25.2 Å². The summed E-state index contributed by atoms with van der Waals surface area (Å²) in [4.78, 5) is 5.92. The van der Waals surface area contributed by atoms with Gasteiger partial charge in [-0.1, -0.05) is 6.92 Å². The van der Waals surface area contributed by atoms with E-state index in [1.807, 2.05) is 24.6 Å². The van der Waals surface area contributed by atoms with Gasteiger partial charge in [0.15, 0.2) is 0 Å². The van der Waals surface area contributed by atoms with Crippen molar-refractivity contribution in [1.82, 2.24) is 14.9 Å². The molecule has 3 nitrogen and oxygen atoms in total. The summed E-state index contributed by atoms with van der Waals surface area (Å²) >= 11 is 1.84.